The minimum atomic E-state index is -1.03. The molecule has 2 rings (SSSR count). The van der Waals surface area contributed by atoms with Crippen molar-refractivity contribution in [2.24, 2.45) is 5.73 Å². The lowest BCUT2D eigenvalue weighted by molar-refractivity contribution is -0.131. The van der Waals surface area contributed by atoms with Gasteiger partial charge in [-0.1, -0.05) is 35.9 Å². The van der Waals surface area contributed by atoms with Crippen molar-refractivity contribution in [1.82, 2.24) is 10.8 Å². The molecule has 5 N–H and O–H groups in total. The van der Waals surface area contributed by atoms with E-state index < -0.39 is 23.9 Å². The van der Waals surface area contributed by atoms with Crippen molar-refractivity contribution < 1.29 is 14.8 Å². The Kier molecular flexibility index (Phi) is 5.92. The van der Waals surface area contributed by atoms with E-state index in [2.05, 4.69) is 5.32 Å². The summed E-state index contributed by atoms with van der Waals surface area (Å²) in [5.41, 5.74) is 9.36. The lowest BCUT2D eigenvalue weighted by Gasteiger charge is -2.20. The normalized spacial score (nSPS) is 13.0. The number of hydroxylamine groups is 1. The molecule has 2 atom stereocenters. The summed E-state index contributed by atoms with van der Waals surface area (Å²) in [6, 6.07) is 12.5. The van der Waals surface area contributed by atoms with E-state index in [4.69, 9.17) is 22.5 Å². The second kappa shape index (κ2) is 7.92. The van der Waals surface area contributed by atoms with E-state index in [0.29, 0.717) is 10.6 Å². The monoisotopic (exact) mass is 347 g/mol. The molecule has 2 amide bonds. The van der Waals surface area contributed by atoms with Gasteiger partial charge in [-0.25, -0.2) is 5.48 Å². The first-order chi connectivity index (χ1) is 11.4. The molecule has 0 saturated heterocycles. The summed E-state index contributed by atoms with van der Waals surface area (Å²) in [5.74, 6) is -1.23. The van der Waals surface area contributed by atoms with E-state index in [0.717, 1.165) is 11.1 Å². The van der Waals surface area contributed by atoms with Crippen molar-refractivity contribution in [2.45, 2.75) is 19.0 Å². The van der Waals surface area contributed by atoms with Gasteiger partial charge in [0, 0.05) is 16.6 Å². The molecule has 0 fully saturated rings. The second-order valence-corrected chi connectivity index (χ2v) is 5.81. The fourth-order valence-corrected chi connectivity index (χ4v) is 2.40. The predicted octanol–water partition coefficient (Wildman–Crippen LogP) is 1.96. The van der Waals surface area contributed by atoms with Crippen LogP contribution in [0.1, 0.15) is 17.3 Å². The van der Waals surface area contributed by atoms with Gasteiger partial charge in [-0.2, -0.15) is 0 Å². The molecule has 0 saturated carbocycles. The van der Waals surface area contributed by atoms with Crippen LogP contribution in [0.2, 0.25) is 5.02 Å². The van der Waals surface area contributed by atoms with Crippen molar-refractivity contribution in [2.75, 3.05) is 0 Å². The Morgan fingerprint density at radius 1 is 1.12 bits per heavy atom. The first-order valence-corrected chi connectivity index (χ1v) is 7.66. The van der Waals surface area contributed by atoms with Gasteiger partial charge in [0.25, 0.3) is 11.8 Å². The van der Waals surface area contributed by atoms with Crippen molar-refractivity contribution in [1.29, 1.82) is 0 Å². The molecule has 0 unspecified atom stereocenters. The van der Waals surface area contributed by atoms with Crippen LogP contribution in [0.3, 0.4) is 0 Å². The van der Waals surface area contributed by atoms with Crippen LogP contribution >= 0.6 is 11.6 Å². The quantitative estimate of drug-likeness (QED) is 0.490. The molecule has 0 spiro atoms. The molecule has 24 heavy (non-hydrogen) atoms. The third-order valence-electron chi connectivity index (χ3n) is 3.51. The first kappa shape index (κ1) is 17.9. The maximum Gasteiger partial charge on any atom is 0.267 e. The van der Waals surface area contributed by atoms with Crippen LogP contribution in [0.25, 0.3) is 11.1 Å². The number of amides is 2. The number of hydrogen-bond donors (Lipinski definition) is 4. The fourth-order valence-electron chi connectivity index (χ4n) is 2.21. The summed E-state index contributed by atoms with van der Waals surface area (Å²) in [6.07, 6.45) is 0. The highest BCUT2D eigenvalue weighted by Gasteiger charge is 2.24. The molecule has 0 radical (unpaired) electrons. The van der Waals surface area contributed by atoms with Gasteiger partial charge in [-0.15, -0.1) is 0 Å². The number of nitrogens with one attached hydrogen (secondary N) is 2. The number of nitrogens with two attached hydrogens (primary N) is 1. The van der Waals surface area contributed by atoms with E-state index in [1.807, 2.05) is 18.2 Å². The van der Waals surface area contributed by atoms with E-state index >= 15 is 0 Å². The lowest BCUT2D eigenvalue weighted by Crippen LogP contribution is -2.54. The highest BCUT2D eigenvalue weighted by Crippen LogP contribution is 2.23. The van der Waals surface area contributed by atoms with Crippen LogP contribution < -0.4 is 16.5 Å². The van der Waals surface area contributed by atoms with Crippen LogP contribution in [0.15, 0.2) is 48.5 Å². The molecule has 2 aromatic rings. The van der Waals surface area contributed by atoms with E-state index in [1.165, 1.54) is 5.48 Å². The molecule has 2 aromatic carbocycles. The van der Waals surface area contributed by atoms with Gasteiger partial charge in [0.1, 0.15) is 6.04 Å². The van der Waals surface area contributed by atoms with E-state index in [-0.39, 0.29) is 0 Å². The third-order valence-corrected chi connectivity index (χ3v) is 3.75. The zero-order chi connectivity index (χ0) is 17.7. The highest BCUT2D eigenvalue weighted by molar-refractivity contribution is 6.30. The minimum Gasteiger partial charge on any atom is -0.339 e. The summed E-state index contributed by atoms with van der Waals surface area (Å²) in [6.45, 7) is 1.56. The highest BCUT2D eigenvalue weighted by atomic mass is 35.5. The number of halogens is 1. The van der Waals surface area contributed by atoms with Crippen molar-refractivity contribution in [3.05, 3.63) is 59.1 Å². The summed E-state index contributed by atoms with van der Waals surface area (Å²) >= 11 is 5.97. The molecule has 6 nitrogen and oxygen atoms in total. The van der Waals surface area contributed by atoms with Gasteiger partial charge in [-0.05, 0) is 42.3 Å². The lowest BCUT2D eigenvalue weighted by atomic mass is 10.0. The third kappa shape index (κ3) is 4.32. The molecule has 0 aliphatic heterocycles. The smallest absolute Gasteiger partial charge is 0.267 e. The molecular formula is C17H18ClN3O3. The van der Waals surface area contributed by atoms with Gasteiger partial charge >= 0.3 is 0 Å². The van der Waals surface area contributed by atoms with Gasteiger partial charge in [0.05, 0.1) is 0 Å². The van der Waals surface area contributed by atoms with E-state index in [9.17, 15) is 9.59 Å². The van der Waals surface area contributed by atoms with Crippen LogP contribution in [0, 0.1) is 0 Å². The predicted molar refractivity (Wildman–Crippen MR) is 91.7 cm³/mol. The number of carbonyl (C=O) groups is 2. The van der Waals surface area contributed by atoms with Crippen molar-refractivity contribution in [3.63, 3.8) is 0 Å². The van der Waals surface area contributed by atoms with E-state index in [1.54, 1.807) is 37.3 Å². The average Bonchev–Trinajstić information content (AvgIpc) is 2.58. The number of rotatable bonds is 5. The van der Waals surface area contributed by atoms with Crippen molar-refractivity contribution >= 4 is 23.4 Å². The SMILES string of the molecule is C[C@@H](N)[C@H](NC(=O)c1ccc(-c2cccc(Cl)c2)cc1)C(=O)NO. The molecule has 0 heterocycles. The van der Waals surface area contributed by atoms with Crippen LogP contribution in [-0.2, 0) is 4.79 Å². The van der Waals surface area contributed by atoms with Crippen LogP contribution in [0.5, 0.6) is 0 Å². The van der Waals surface area contributed by atoms with Gasteiger partial charge in [0.2, 0.25) is 0 Å². The molecule has 126 valence electrons. The maximum atomic E-state index is 12.2. The molecule has 0 aromatic heterocycles. The fraction of sp³-hybridized carbons (Fsp3) is 0.176. The van der Waals surface area contributed by atoms with Gasteiger partial charge in [0.15, 0.2) is 0 Å². The summed E-state index contributed by atoms with van der Waals surface area (Å²) < 4.78 is 0. The standard InChI is InChI=1S/C17H18ClN3O3/c1-10(19)15(17(23)21-24)20-16(22)12-7-5-11(6-8-12)13-3-2-4-14(18)9-13/h2-10,15,24H,19H2,1H3,(H,20,22)(H,21,23)/t10-,15+/m1/s1. The largest absolute Gasteiger partial charge is 0.339 e. The number of carbonyl (C=O) groups excluding carboxylic acids is 2. The Morgan fingerprint density at radius 3 is 2.33 bits per heavy atom. The maximum absolute atomic E-state index is 12.2. The molecular weight excluding hydrogens is 330 g/mol. The Morgan fingerprint density at radius 2 is 1.79 bits per heavy atom. The minimum absolute atomic E-state index is 0.372. The Hall–Kier alpha value is -2.41. The van der Waals surface area contributed by atoms with Gasteiger partial charge in [-0.3, -0.25) is 14.8 Å². The van der Waals surface area contributed by atoms with Gasteiger partial charge < -0.3 is 11.1 Å². The molecule has 7 heteroatoms. The summed E-state index contributed by atoms with van der Waals surface area (Å²) in [7, 11) is 0. The van der Waals surface area contributed by atoms with Crippen LogP contribution in [-0.4, -0.2) is 29.1 Å². The molecule has 0 aliphatic rings. The number of hydrogen-bond acceptors (Lipinski definition) is 4. The first-order valence-electron chi connectivity index (χ1n) is 7.28. The zero-order valence-electron chi connectivity index (χ0n) is 13.0. The average molecular weight is 348 g/mol. The van der Waals surface area contributed by atoms with Crippen LogP contribution in [0.4, 0.5) is 0 Å². The summed E-state index contributed by atoms with van der Waals surface area (Å²) in [5, 5.41) is 11.8. The molecule has 0 bridgehead atoms. The molecule has 0 aliphatic carbocycles. The topological polar surface area (TPSA) is 104 Å². The number of benzene rings is 2. The Bertz CT molecular complexity index is 732. The second-order valence-electron chi connectivity index (χ2n) is 5.37. The Labute approximate surface area is 144 Å². The Balaban J connectivity index is 2.15. The summed E-state index contributed by atoms with van der Waals surface area (Å²) in [4.78, 5) is 23.8. The van der Waals surface area contributed by atoms with Crippen molar-refractivity contribution in [3.8, 4) is 11.1 Å². The zero-order valence-corrected chi connectivity index (χ0v) is 13.7.